The summed E-state index contributed by atoms with van der Waals surface area (Å²) in [5, 5.41) is 6.66. The van der Waals surface area contributed by atoms with Crippen molar-refractivity contribution in [1.82, 2.24) is 10.6 Å². The fourth-order valence-corrected chi connectivity index (χ4v) is 2.77. The van der Waals surface area contributed by atoms with Crippen LogP contribution in [0.1, 0.15) is 19.4 Å². The highest BCUT2D eigenvalue weighted by Crippen LogP contribution is 2.22. The number of anilines is 1. The predicted molar refractivity (Wildman–Crippen MR) is 98.8 cm³/mol. The summed E-state index contributed by atoms with van der Waals surface area (Å²) < 4.78 is 10.6. The molecule has 2 N–H and O–H groups in total. The van der Waals surface area contributed by atoms with Crippen molar-refractivity contribution in [3.8, 4) is 0 Å². The molecule has 1 saturated heterocycles. The molecule has 24 heavy (non-hydrogen) atoms. The van der Waals surface area contributed by atoms with E-state index in [0.29, 0.717) is 13.2 Å². The summed E-state index contributed by atoms with van der Waals surface area (Å²) in [6, 6.07) is 8.69. The first-order valence-electron chi connectivity index (χ1n) is 8.69. The van der Waals surface area contributed by atoms with Gasteiger partial charge in [0.1, 0.15) is 0 Å². The molecule has 0 radical (unpaired) electrons. The van der Waals surface area contributed by atoms with Gasteiger partial charge in [0.05, 0.1) is 26.4 Å². The van der Waals surface area contributed by atoms with Gasteiger partial charge in [-0.15, -0.1) is 0 Å². The lowest BCUT2D eigenvalue weighted by Crippen LogP contribution is -2.44. The second-order valence-corrected chi connectivity index (χ2v) is 5.92. The molecule has 1 atom stereocenters. The average molecular weight is 334 g/mol. The number of nitrogens with zero attached hydrogens (tertiary/aromatic N) is 2. The molecule has 134 valence electrons. The van der Waals surface area contributed by atoms with Crippen molar-refractivity contribution >= 4 is 11.6 Å². The molecule has 1 aliphatic heterocycles. The van der Waals surface area contributed by atoms with Crippen molar-refractivity contribution in [3.63, 3.8) is 0 Å². The first-order valence-corrected chi connectivity index (χ1v) is 8.69. The molecule has 1 aromatic rings. The minimum absolute atomic E-state index is 0.210. The molecular formula is C18H30N4O2. The summed E-state index contributed by atoms with van der Waals surface area (Å²) in [4.78, 5) is 7.12. The number of morpholine rings is 1. The van der Waals surface area contributed by atoms with E-state index in [1.165, 1.54) is 11.3 Å². The van der Waals surface area contributed by atoms with E-state index in [2.05, 4.69) is 53.6 Å². The van der Waals surface area contributed by atoms with Gasteiger partial charge in [-0.25, -0.2) is 4.99 Å². The Kier molecular flexibility index (Phi) is 7.85. The van der Waals surface area contributed by atoms with E-state index < -0.39 is 0 Å². The third kappa shape index (κ3) is 5.69. The zero-order valence-corrected chi connectivity index (χ0v) is 15.0. The average Bonchev–Trinajstić information content (AvgIpc) is 2.61. The minimum Gasteiger partial charge on any atom is -0.383 e. The second-order valence-electron chi connectivity index (χ2n) is 5.92. The van der Waals surface area contributed by atoms with E-state index in [1.54, 1.807) is 7.11 Å². The molecule has 0 aliphatic carbocycles. The van der Waals surface area contributed by atoms with Gasteiger partial charge in [0.2, 0.25) is 0 Å². The number of guanidine groups is 1. The number of hydrogen-bond acceptors (Lipinski definition) is 4. The summed E-state index contributed by atoms with van der Waals surface area (Å²) in [5.41, 5.74) is 2.49. The Balaban J connectivity index is 2.07. The highest BCUT2D eigenvalue weighted by Gasteiger charge is 2.14. The van der Waals surface area contributed by atoms with Crippen molar-refractivity contribution in [2.45, 2.75) is 26.4 Å². The lowest BCUT2D eigenvalue weighted by Gasteiger charge is -2.30. The first-order chi connectivity index (χ1) is 11.7. The quantitative estimate of drug-likeness (QED) is 0.586. The van der Waals surface area contributed by atoms with Crippen molar-refractivity contribution in [2.24, 2.45) is 4.99 Å². The second kappa shape index (κ2) is 10.2. The molecule has 0 amide bonds. The molecule has 6 heteroatoms. The van der Waals surface area contributed by atoms with Crippen LogP contribution in [0.15, 0.2) is 29.3 Å². The van der Waals surface area contributed by atoms with Crippen LogP contribution in [-0.2, 0) is 16.0 Å². The fourth-order valence-electron chi connectivity index (χ4n) is 2.77. The predicted octanol–water partition coefficient (Wildman–Crippen LogP) is 1.61. The lowest BCUT2D eigenvalue weighted by molar-refractivity contribution is 0.122. The molecule has 1 aliphatic rings. The number of ether oxygens (including phenoxy) is 2. The molecule has 6 nitrogen and oxygen atoms in total. The van der Waals surface area contributed by atoms with Crippen LogP contribution in [0.3, 0.4) is 0 Å². The van der Waals surface area contributed by atoms with Crippen molar-refractivity contribution in [1.29, 1.82) is 0 Å². The number of aliphatic imine (C=N–C) groups is 1. The van der Waals surface area contributed by atoms with Gasteiger partial charge in [0, 0.05) is 38.5 Å². The van der Waals surface area contributed by atoms with Gasteiger partial charge in [-0.05, 0) is 25.5 Å². The number of methoxy groups -OCH3 is 1. The molecule has 1 unspecified atom stereocenters. The van der Waals surface area contributed by atoms with Gasteiger partial charge < -0.3 is 25.0 Å². The molecule has 0 spiro atoms. The Morgan fingerprint density at radius 2 is 2.08 bits per heavy atom. The maximum absolute atomic E-state index is 5.46. The highest BCUT2D eigenvalue weighted by atomic mass is 16.5. The van der Waals surface area contributed by atoms with Gasteiger partial charge in [-0.2, -0.15) is 0 Å². The molecular weight excluding hydrogens is 304 g/mol. The maximum atomic E-state index is 5.46. The standard InChI is InChI=1S/C18H30N4O2/c1-4-19-18(21-15(2)14-23-3)20-13-16-7-5-6-8-17(16)22-9-11-24-12-10-22/h5-8,15H,4,9-14H2,1-3H3,(H2,19,20,21). The summed E-state index contributed by atoms with van der Waals surface area (Å²) in [7, 11) is 1.71. The van der Waals surface area contributed by atoms with Crippen LogP contribution in [0.5, 0.6) is 0 Å². The number of benzene rings is 1. The van der Waals surface area contributed by atoms with Gasteiger partial charge in [0.15, 0.2) is 5.96 Å². The number of rotatable bonds is 7. The normalized spacial score (nSPS) is 16.8. The van der Waals surface area contributed by atoms with E-state index in [0.717, 1.165) is 38.8 Å². The Labute approximate surface area is 145 Å². The molecule has 1 heterocycles. The SMILES string of the molecule is CCNC(=NCc1ccccc1N1CCOCC1)NC(C)COC. The van der Waals surface area contributed by atoms with Crippen LogP contribution < -0.4 is 15.5 Å². The summed E-state index contributed by atoms with van der Waals surface area (Å²) in [6.45, 7) is 9.71. The monoisotopic (exact) mass is 334 g/mol. The maximum Gasteiger partial charge on any atom is 0.191 e. The van der Waals surface area contributed by atoms with Crippen LogP contribution in [-0.4, -0.2) is 58.6 Å². The highest BCUT2D eigenvalue weighted by molar-refractivity contribution is 5.80. The van der Waals surface area contributed by atoms with Crippen LogP contribution in [0.2, 0.25) is 0 Å². The lowest BCUT2D eigenvalue weighted by atomic mass is 10.1. The Morgan fingerprint density at radius 3 is 2.79 bits per heavy atom. The minimum atomic E-state index is 0.210. The summed E-state index contributed by atoms with van der Waals surface area (Å²) in [6.07, 6.45) is 0. The van der Waals surface area contributed by atoms with E-state index in [9.17, 15) is 0 Å². The smallest absolute Gasteiger partial charge is 0.191 e. The van der Waals surface area contributed by atoms with Crippen LogP contribution in [0.4, 0.5) is 5.69 Å². The number of para-hydroxylation sites is 1. The van der Waals surface area contributed by atoms with Crippen LogP contribution in [0, 0.1) is 0 Å². The van der Waals surface area contributed by atoms with Gasteiger partial charge in [-0.3, -0.25) is 0 Å². The number of hydrogen-bond donors (Lipinski definition) is 2. The Morgan fingerprint density at radius 1 is 1.33 bits per heavy atom. The fraction of sp³-hybridized carbons (Fsp3) is 0.611. The number of nitrogens with one attached hydrogen (secondary N) is 2. The zero-order chi connectivity index (χ0) is 17.2. The molecule has 1 fully saturated rings. The summed E-state index contributed by atoms with van der Waals surface area (Å²) in [5.74, 6) is 0.818. The van der Waals surface area contributed by atoms with Gasteiger partial charge in [0.25, 0.3) is 0 Å². The van der Waals surface area contributed by atoms with Crippen LogP contribution in [0.25, 0.3) is 0 Å². The van der Waals surface area contributed by atoms with Crippen molar-refractivity contribution < 1.29 is 9.47 Å². The van der Waals surface area contributed by atoms with Gasteiger partial charge >= 0.3 is 0 Å². The third-order valence-corrected chi connectivity index (χ3v) is 3.89. The topological polar surface area (TPSA) is 58.1 Å². The largest absolute Gasteiger partial charge is 0.383 e. The van der Waals surface area contributed by atoms with E-state index in [4.69, 9.17) is 14.5 Å². The van der Waals surface area contributed by atoms with E-state index in [-0.39, 0.29) is 6.04 Å². The molecule has 0 saturated carbocycles. The molecule has 0 aromatic heterocycles. The third-order valence-electron chi connectivity index (χ3n) is 3.89. The molecule has 0 bridgehead atoms. The van der Waals surface area contributed by atoms with Gasteiger partial charge in [-0.1, -0.05) is 18.2 Å². The summed E-state index contributed by atoms with van der Waals surface area (Å²) >= 11 is 0. The Hall–Kier alpha value is -1.79. The van der Waals surface area contributed by atoms with Crippen molar-refractivity contribution in [3.05, 3.63) is 29.8 Å². The molecule has 2 rings (SSSR count). The molecule has 1 aromatic carbocycles. The first kappa shape index (κ1) is 18.5. The van der Waals surface area contributed by atoms with Crippen LogP contribution >= 0.6 is 0 Å². The van der Waals surface area contributed by atoms with E-state index >= 15 is 0 Å². The Bertz CT molecular complexity index is 515. The zero-order valence-electron chi connectivity index (χ0n) is 15.0. The van der Waals surface area contributed by atoms with E-state index in [1.807, 2.05) is 0 Å². The van der Waals surface area contributed by atoms with Crippen molar-refractivity contribution in [2.75, 3.05) is 51.5 Å².